The number of nitrogens with zero attached hydrogens (tertiary/aromatic N) is 3. The zero-order chi connectivity index (χ0) is 33.0. The number of ether oxygens (including phenoxy) is 2. The summed E-state index contributed by atoms with van der Waals surface area (Å²) in [6.45, 7) is 3.88. The number of rotatable bonds is 8. The predicted molar refractivity (Wildman–Crippen MR) is 163 cm³/mol. The molecule has 2 aromatic carbocycles. The fraction of sp³-hybridized carbons (Fsp3) is 0.469. The fourth-order valence-corrected chi connectivity index (χ4v) is 5.96. The second kappa shape index (κ2) is 14.0. The highest BCUT2D eigenvalue weighted by molar-refractivity contribution is 6.05. The zero-order valence-electron chi connectivity index (χ0n) is 25.8. The van der Waals surface area contributed by atoms with Crippen molar-refractivity contribution in [3.05, 3.63) is 53.1 Å². The van der Waals surface area contributed by atoms with E-state index in [1.54, 1.807) is 0 Å². The maximum absolute atomic E-state index is 14.3. The van der Waals surface area contributed by atoms with E-state index in [1.165, 1.54) is 32.4 Å². The molecule has 0 bridgehead atoms. The topological polar surface area (TPSA) is 110 Å². The Morgan fingerprint density at radius 2 is 1.96 bits per heavy atom. The van der Waals surface area contributed by atoms with Crippen LogP contribution >= 0.6 is 0 Å². The van der Waals surface area contributed by atoms with Crippen LogP contribution in [0, 0.1) is 23.6 Å². The van der Waals surface area contributed by atoms with Crippen LogP contribution in [0.1, 0.15) is 46.0 Å². The smallest absolute Gasteiger partial charge is 0.406 e. The number of fused-ring (bicyclic) bond motifs is 1. The van der Waals surface area contributed by atoms with Crippen molar-refractivity contribution in [2.75, 3.05) is 52.3 Å². The summed E-state index contributed by atoms with van der Waals surface area (Å²) in [6, 6.07) is 5.62. The molecule has 14 heteroatoms. The van der Waals surface area contributed by atoms with Gasteiger partial charge in [0.1, 0.15) is 23.6 Å². The Morgan fingerprint density at radius 3 is 2.63 bits per heavy atom. The normalized spacial score (nSPS) is 20.2. The lowest BCUT2D eigenvalue weighted by atomic mass is 9.92. The molecule has 2 amide bonds. The molecule has 1 unspecified atom stereocenters. The lowest BCUT2D eigenvalue weighted by Crippen LogP contribution is -2.52. The second-order valence-corrected chi connectivity index (χ2v) is 11.5. The number of aromatic nitrogens is 2. The van der Waals surface area contributed by atoms with Crippen molar-refractivity contribution < 1.29 is 36.6 Å². The number of halogens is 4. The minimum absolute atomic E-state index is 0.0126. The van der Waals surface area contributed by atoms with Gasteiger partial charge in [0.15, 0.2) is 0 Å². The second-order valence-electron chi connectivity index (χ2n) is 11.5. The number of nitrogens with one attached hydrogen (secondary N) is 3. The van der Waals surface area contributed by atoms with E-state index in [0.29, 0.717) is 23.9 Å². The molecule has 0 aliphatic carbocycles. The van der Waals surface area contributed by atoms with E-state index < -0.39 is 30.4 Å². The Balaban J connectivity index is 1.37. The van der Waals surface area contributed by atoms with Gasteiger partial charge in [-0.1, -0.05) is 18.8 Å². The van der Waals surface area contributed by atoms with Crippen molar-refractivity contribution in [3.63, 3.8) is 0 Å². The molecule has 10 nitrogen and oxygen atoms in total. The number of anilines is 1. The predicted octanol–water partition coefficient (Wildman–Crippen LogP) is 3.80. The van der Waals surface area contributed by atoms with Crippen LogP contribution in [0.3, 0.4) is 0 Å². The van der Waals surface area contributed by atoms with Gasteiger partial charge in [-0.3, -0.25) is 14.5 Å². The van der Waals surface area contributed by atoms with Crippen molar-refractivity contribution in [2.24, 2.45) is 5.92 Å². The maximum Gasteiger partial charge on any atom is 0.406 e. The quantitative estimate of drug-likeness (QED) is 0.253. The molecule has 5 rings (SSSR count). The van der Waals surface area contributed by atoms with Crippen LogP contribution < -0.4 is 20.7 Å². The van der Waals surface area contributed by atoms with Crippen LogP contribution in [0.25, 0.3) is 11.0 Å². The van der Waals surface area contributed by atoms with E-state index >= 15 is 0 Å². The molecule has 2 saturated heterocycles. The minimum Gasteiger partial charge on any atom is -0.494 e. The summed E-state index contributed by atoms with van der Waals surface area (Å²) in [5, 5.41) is 8.43. The molecule has 0 spiro atoms. The first kappa shape index (κ1) is 33.0. The monoisotopic (exact) mass is 644 g/mol. The number of methoxy groups -OCH3 is 1. The molecular formula is C32H36F4N6O4. The van der Waals surface area contributed by atoms with Crippen LogP contribution in [-0.4, -0.2) is 91.5 Å². The number of carbonyl (C=O) groups is 2. The van der Waals surface area contributed by atoms with Gasteiger partial charge >= 0.3 is 6.18 Å². The number of amides is 2. The van der Waals surface area contributed by atoms with Gasteiger partial charge in [0, 0.05) is 50.5 Å². The number of hydrogen-bond acceptors (Lipinski definition) is 7. The van der Waals surface area contributed by atoms with E-state index in [0.717, 1.165) is 49.5 Å². The molecule has 3 atom stereocenters. The van der Waals surface area contributed by atoms with E-state index in [9.17, 15) is 27.2 Å². The summed E-state index contributed by atoms with van der Waals surface area (Å²) in [4.78, 5) is 32.2. The molecule has 1 aromatic heterocycles. The van der Waals surface area contributed by atoms with Gasteiger partial charge in [-0.15, -0.1) is 0 Å². The Bertz CT molecular complexity index is 1660. The van der Waals surface area contributed by atoms with Crippen LogP contribution in [-0.2, 0) is 11.3 Å². The summed E-state index contributed by atoms with van der Waals surface area (Å²) in [7, 11) is 2.73. The average Bonchev–Trinajstić information content (AvgIpc) is 3.70. The van der Waals surface area contributed by atoms with Gasteiger partial charge in [-0.25, -0.2) is 9.37 Å². The lowest BCUT2D eigenvalue weighted by molar-refractivity contribution is -0.140. The molecule has 2 aliphatic heterocycles. The van der Waals surface area contributed by atoms with Crippen molar-refractivity contribution in [1.82, 2.24) is 25.1 Å². The van der Waals surface area contributed by atoms with Crippen molar-refractivity contribution in [1.29, 1.82) is 0 Å². The van der Waals surface area contributed by atoms with Crippen LogP contribution in [0.2, 0.25) is 0 Å². The summed E-state index contributed by atoms with van der Waals surface area (Å²) in [6.07, 6.45) is -1.71. The average molecular weight is 645 g/mol. The molecule has 0 saturated carbocycles. The Hall–Kier alpha value is -4.35. The Kier molecular flexibility index (Phi) is 10.0. The molecule has 246 valence electrons. The summed E-state index contributed by atoms with van der Waals surface area (Å²) in [5.41, 5.74) is 0.842. The van der Waals surface area contributed by atoms with Gasteiger partial charge in [0.05, 0.1) is 48.9 Å². The van der Waals surface area contributed by atoms with Gasteiger partial charge in [-0.2, -0.15) is 13.2 Å². The van der Waals surface area contributed by atoms with Crippen LogP contribution in [0.4, 0.5) is 23.2 Å². The fourth-order valence-electron chi connectivity index (χ4n) is 5.96. The maximum atomic E-state index is 14.3. The summed E-state index contributed by atoms with van der Waals surface area (Å²) < 4.78 is 66.1. The van der Waals surface area contributed by atoms with Gasteiger partial charge < -0.3 is 30.0 Å². The van der Waals surface area contributed by atoms with E-state index in [4.69, 9.17) is 9.47 Å². The number of imidazole rings is 1. The van der Waals surface area contributed by atoms with Crippen molar-refractivity contribution in [2.45, 2.75) is 44.6 Å². The summed E-state index contributed by atoms with van der Waals surface area (Å²) in [5.74, 6) is 4.27. The van der Waals surface area contributed by atoms with Crippen LogP contribution in [0.5, 0.6) is 5.75 Å². The zero-order valence-corrected chi connectivity index (χ0v) is 25.8. The number of likely N-dealkylation sites (tertiary alicyclic amines) is 1. The van der Waals surface area contributed by atoms with Gasteiger partial charge in [-0.05, 0) is 37.0 Å². The third-order valence-electron chi connectivity index (χ3n) is 8.36. The number of hydrogen-bond donors (Lipinski definition) is 3. The Labute approximate surface area is 263 Å². The standard InChI is InChI=1S/C32H36F4N6O4/c1-19-15-41(21-7-10-46-16-21)9-6-25(19)40-31(44)23-11-20(12-27-29(23)39-18-42(27)17-32(34,35)36)5-4-8-38-26-13-22(30(43)37-2)24(33)14-28(26)45-3/h11-14,18-19,21,25,38H,6-10,15-17H2,1-3H3,(H,37,43)(H,40,44)/t19-,21?,25-/m0/s1. The Morgan fingerprint density at radius 1 is 1.15 bits per heavy atom. The molecular weight excluding hydrogens is 608 g/mol. The molecule has 0 radical (unpaired) electrons. The first-order valence-corrected chi connectivity index (χ1v) is 15.0. The molecule has 46 heavy (non-hydrogen) atoms. The number of carbonyl (C=O) groups excluding carboxylic acids is 2. The molecule has 3 N–H and O–H groups in total. The van der Waals surface area contributed by atoms with E-state index in [2.05, 4.69) is 44.6 Å². The first-order chi connectivity index (χ1) is 22.0. The van der Waals surface area contributed by atoms with Gasteiger partial charge in [0.2, 0.25) is 0 Å². The molecule has 2 aliphatic rings. The highest BCUT2D eigenvalue weighted by atomic mass is 19.4. The first-order valence-electron chi connectivity index (χ1n) is 15.0. The van der Waals surface area contributed by atoms with Crippen molar-refractivity contribution >= 4 is 28.5 Å². The number of alkyl halides is 3. The largest absolute Gasteiger partial charge is 0.494 e. The third-order valence-corrected chi connectivity index (χ3v) is 8.36. The number of benzene rings is 2. The van der Waals surface area contributed by atoms with E-state index in [-0.39, 0.29) is 46.4 Å². The summed E-state index contributed by atoms with van der Waals surface area (Å²) >= 11 is 0. The highest BCUT2D eigenvalue weighted by Crippen LogP contribution is 2.29. The lowest BCUT2D eigenvalue weighted by Gasteiger charge is -2.39. The third kappa shape index (κ3) is 7.54. The minimum atomic E-state index is -4.50. The molecule has 2 fully saturated rings. The molecule has 3 aromatic rings. The number of piperidine rings is 1. The van der Waals surface area contributed by atoms with Gasteiger partial charge in [0.25, 0.3) is 11.8 Å². The SMILES string of the molecule is CNC(=O)c1cc(NCC#Cc2cc(C(=O)N[C@H]3CCN(C4CCOC4)C[C@@H]3C)c3ncn(CC(F)(F)F)c3c2)c(OC)cc1F. The van der Waals surface area contributed by atoms with E-state index in [1.807, 2.05) is 0 Å². The highest BCUT2D eigenvalue weighted by Gasteiger charge is 2.33. The van der Waals surface area contributed by atoms with Crippen LogP contribution in [0.15, 0.2) is 30.6 Å². The molecule has 3 heterocycles. The van der Waals surface area contributed by atoms with Crippen molar-refractivity contribution in [3.8, 4) is 17.6 Å².